The smallest absolute Gasteiger partial charge is 0.119 e. The maximum absolute atomic E-state index is 5.35. The summed E-state index contributed by atoms with van der Waals surface area (Å²) in [5, 5.41) is 0. The van der Waals surface area contributed by atoms with Gasteiger partial charge in [-0.15, -0.1) is 0 Å². The first-order valence-corrected chi connectivity index (χ1v) is 5.50. The lowest BCUT2D eigenvalue weighted by atomic mass is 10.2. The van der Waals surface area contributed by atoms with E-state index in [1.807, 2.05) is 19.1 Å². The van der Waals surface area contributed by atoms with Crippen LogP contribution in [0.1, 0.15) is 18.9 Å². The van der Waals surface area contributed by atoms with Crippen LogP contribution in [0.3, 0.4) is 0 Å². The van der Waals surface area contributed by atoms with E-state index in [1.165, 1.54) is 5.56 Å². The molecule has 0 N–H and O–H groups in total. The van der Waals surface area contributed by atoms with Crippen molar-refractivity contribution in [1.29, 1.82) is 0 Å². The van der Waals surface area contributed by atoms with Gasteiger partial charge in [-0.2, -0.15) is 12.6 Å². The van der Waals surface area contributed by atoms with Gasteiger partial charge in [0.15, 0.2) is 0 Å². The molecule has 0 fully saturated rings. The molecule has 0 atom stereocenters. The molecule has 0 spiro atoms. The Morgan fingerprint density at radius 2 is 2.00 bits per heavy atom. The van der Waals surface area contributed by atoms with Crippen molar-refractivity contribution in [2.45, 2.75) is 13.3 Å². The zero-order valence-corrected chi connectivity index (χ0v) is 9.34. The molecule has 0 unspecified atom stereocenters. The van der Waals surface area contributed by atoms with Gasteiger partial charge in [-0.1, -0.05) is 24.3 Å². The molecule has 0 saturated carbocycles. The Bertz CT molecular complexity index is 277. The Morgan fingerprint density at radius 3 is 2.57 bits per heavy atom. The molecule has 0 amide bonds. The van der Waals surface area contributed by atoms with E-state index in [2.05, 4.69) is 36.9 Å². The first-order valence-electron chi connectivity index (χ1n) is 4.87. The zero-order valence-electron chi connectivity index (χ0n) is 8.44. The van der Waals surface area contributed by atoms with Crippen LogP contribution in [0.2, 0.25) is 0 Å². The van der Waals surface area contributed by atoms with E-state index in [0.717, 1.165) is 24.5 Å². The molecule has 0 radical (unpaired) electrons. The minimum atomic E-state index is 0.717. The fourth-order valence-corrected chi connectivity index (χ4v) is 1.28. The van der Waals surface area contributed by atoms with Gasteiger partial charge in [0, 0.05) is 0 Å². The van der Waals surface area contributed by atoms with E-state index in [1.54, 1.807) is 0 Å². The third-order valence-corrected chi connectivity index (χ3v) is 2.06. The first kappa shape index (κ1) is 11.2. The molecular formula is C12H16OS. The molecule has 0 heterocycles. The van der Waals surface area contributed by atoms with Crippen LogP contribution in [0.15, 0.2) is 30.3 Å². The third-order valence-electron chi connectivity index (χ3n) is 1.80. The summed E-state index contributed by atoms with van der Waals surface area (Å²) < 4.78 is 5.35. The maximum Gasteiger partial charge on any atom is 0.119 e. The molecule has 0 aliphatic rings. The summed E-state index contributed by atoms with van der Waals surface area (Å²) in [7, 11) is 0. The van der Waals surface area contributed by atoms with Crippen molar-refractivity contribution in [3.05, 3.63) is 35.9 Å². The van der Waals surface area contributed by atoms with Crippen LogP contribution in [0.25, 0.3) is 6.08 Å². The van der Waals surface area contributed by atoms with Gasteiger partial charge >= 0.3 is 0 Å². The number of thiol groups is 1. The summed E-state index contributed by atoms with van der Waals surface area (Å²) in [6.45, 7) is 2.70. The van der Waals surface area contributed by atoms with Gasteiger partial charge in [0.25, 0.3) is 0 Å². The SMILES string of the molecule is CCOc1ccc(C=CCCS)cc1. The van der Waals surface area contributed by atoms with Gasteiger partial charge in [-0.3, -0.25) is 0 Å². The quantitative estimate of drug-likeness (QED) is 0.729. The molecule has 1 rings (SSSR count). The molecule has 0 aliphatic carbocycles. The van der Waals surface area contributed by atoms with E-state index >= 15 is 0 Å². The average Bonchev–Trinajstić information content (AvgIpc) is 2.21. The van der Waals surface area contributed by atoms with Crippen LogP contribution < -0.4 is 4.74 Å². The Labute approximate surface area is 91.2 Å². The molecule has 1 aromatic rings. The lowest BCUT2D eigenvalue weighted by molar-refractivity contribution is 0.340. The molecule has 0 saturated heterocycles. The van der Waals surface area contributed by atoms with Crippen molar-refractivity contribution in [2.24, 2.45) is 0 Å². The number of ether oxygens (including phenoxy) is 1. The summed E-state index contributed by atoms with van der Waals surface area (Å²) in [6, 6.07) is 8.09. The van der Waals surface area contributed by atoms with E-state index in [0.29, 0.717) is 0 Å². The largest absolute Gasteiger partial charge is 0.494 e. The molecule has 0 bridgehead atoms. The fourth-order valence-electron chi connectivity index (χ4n) is 1.14. The second-order valence-corrected chi connectivity index (χ2v) is 3.36. The van der Waals surface area contributed by atoms with Gasteiger partial charge in [0.1, 0.15) is 5.75 Å². The van der Waals surface area contributed by atoms with Crippen LogP contribution in [-0.2, 0) is 0 Å². The molecule has 0 aliphatic heterocycles. The van der Waals surface area contributed by atoms with Crippen LogP contribution in [0.5, 0.6) is 5.75 Å². The van der Waals surface area contributed by atoms with Crippen molar-refractivity contribution in [3.8, 4) is 5.75 Å². The number of benzene rings is 1. The van der Waals surface area contributed by atoms with Gasteiger partial charge in [-0.05, 0) is 36.8 Å². The Balaban J connectivity index is 2.54. The van der Waals surface area contributed by atoms with Gasteiger partial charge in [0.2, 0.25) is 0 Å². The van der Waals surface area contributed by atoms with Crippen LogP contribution >= 0.6 is 12.6 Å². The molecule has 1 aromatic carbocycles. The van der Waals surface area contributed by atoms with Crippen LogP contribution in [0.4, 0.5) is 0 Å². The summed E-state index contributed by atoms with van der Waals surface area (Å²) in [5.41, 5.74) is 1.20. The minimum Gasteiger partial charge on any atom is -0.494 e. The monoisotopic (exact) mass is 208 g/mol. The first-order chi connectivity index (χ1) is 6.86. The molecule has 0 aromatic heterocycles. The predicted octanol–water partition coefficient (Wildman–Crippen LogP) is 3.42. The average molecular weight is 208 g/mol. The molecule has 76 valence electrons. The van der Waals surface area contributed by atoms with Crippen molar-refractivity contribution < 1.29 is 4.74 Å². The topological polar surface area (TPSA) is 9.23 Å². The van der Waals surface area contributed by atoms with E-state index in [-0.39, 0.29) is 0 Å². The Kier molecular flexibility index (Phi) is 5.23. The summed E-state index contributed by atoms with van der Waals surface area (Å²) in [5.74, 6) is 1.83. The van der Waals surface area contributed by atoms with Crippen molar-refractivity contribution in [2.75, 3.05) is 12.4 Å². The normalized spacial score (nSPS) is 10.7. The second-order valence-electron chi connectivity index (χ2n) is 2.92. The van der Waals surface area contributed by atoms with Gasteiger partial charge < -0.3 is 4.74 Å². The highest BCUT2D eigenvalue weighted by molar-refractivity contribution is 7.80. The highest BCUT2D eigenvalue weighted by Gasteiger charge is 1.90. The molecule has 14 heavy (non-hydrogen) atoms. The lowest BCUT2D eigenvalue weighted by Crippen LogP contribution is -1.90. The Morgan fingerprint density at radius 1 is 1.29 bits per heavy atom. The lowest BCUT2D eigenvalue weighted by Gasteiger charge is -2.02. The number of allylic oxidation sites excluding steroid dienone is 1. The molecule has 1 nitrogen and oxygen atoms in total. The van der Waals surface area contributed by atoms with E-state index < -0.39 is 0 Å². The summed E-state index contributed by atoms with van der Waals surface area (Å²) in [6.07, 6.45) is 5.24. The fraction of sp³-hybridized carbons (Fsp3) is 0.333. The minimum absolute atomic E-state index is 0.717. The highest BCUT2D eigenvalue weighted by Crippen LogP contribution is 2.13. The number of rotatable bonds is 5. The third kappa shape index (κ3) is 3.88. The highest BCUT2D eigenvalue weighted by atomic mass is 32.1. The molecule has 2 heteroatoms. The van der Waals surface area contributed by atoms with E-state index in [4.69, 9.17) is 4.74 Å². The van der Waals surface area contributed by atoms with Crippen LogP contribution in [-0.4, -0.2) is 12.4 Å². The zero-order chi connectivity index (χ0) is 10.2. The van der Waals surface area contributed by atoms with Crippen LogP contribution in [0, 0.1) is 0 Å². The number of hydrogen-bond donors (Lipinski definition) is 1. The van der Waals surface area contributed by atoms with Crippen molar-refractivity contribution in [1.82, 2.24) is 0 Å². The van der Waals surface area contributed by atoms with Crippen molar-refractivity contribution in [3.63, 3.8) is 0 Å². The summed E-state index contributed by atoms with van der Waals surface area (Å²) >= 11 is 4.14. The number of hydrogen-bond acceptors (Lipinski definition) is 2. The van der Waals surface area contributed by atoms with Crippen molar-refractivity contribution >= 4 is 18.7 Å². The second kappa shape index (κ2) is 6.55. The maximum atomic E-state index is 5.35. The summed E-state index contributed by atoms with van der Waals surface area (Å²) in [4.78, 5) is 0. The van der Waals surface area contributed by atoms with Gasteiger partial charge in [-0.25, -0.2) is 0 Å². The van der Waals surface area contributed by atoms with E-state index in [9.17, 15) is 0 Å². The van der Waals surface area contributed by atoms with Gasteiger partial charge in [0.05, 0.1) is 6.61 Å². The Hall–Kier alpha value is -0.890. The predicted molar refractivity (Wildman–Crippen MR) is 65.1 cm³/mol. The molecular weight excluding hydrogens is 192 g/mol. The standard InChI is InChI=1S/C12H16OS/c1-2-13-12-8-6-11(7-9-12)5-3-4-10-14/h3,5-9,14H,2,4,10H2,1H3.